The molecule has 1 aromatic heterocycles. The summed E-state index contributed by atoms with van der Waals surface area (Å²) >= 11 is 0. The molecule has 2 aromatic rings. The monoisotopic (exact) mass is 283 g/mol. The Morgan fingerprint density at radius 3 is 2.76 bits per heavy atom. The van der Waals surface area contributed by atoms with E-state index in [1.165, 1.54) is 19.3 Å². The topological polar surface area (TPSA) is 50.2 Å². The number of fused-ring (bicyclic) bond motifs is 1. The van der Waals surface area contributed by atoms with Crippen molar-refractivity contribution in [3.63, 3.8) is 0 Å². The largest absolute Gasteiger partial charge is 0.388 e. The number of hydrogen-bond donors (Lipinski definition) is 1. The van der Waals surface area contributed by atoms with E-state index in [1.54, 1.807) is 6.07 Å². The van der Waals surface area contributed by atoms with Crippen molar-refractivity contribution in [1.82, 2.24) is 4.98 Å². The SMILES string of the molecule is Cc1cccc2c(C(O)C3CCCCC3)cc(C=O)nc12. The summed E-state index contributed by atoms with van der Waals surface area (Å²) in [5, 5.41) is 11.8. The molecule has 0 spiro atoms. The summed E-state index contributed by atoms with van der Waals surface area (Å²) in [6, 6.07) is 7.72. The summed E-state index contributed by atoms with van der Waals surface area (Å²) in [7, 11) is 0. The third kappa shape index (κ3) is 2.70. The van der Waals surface area contributed by atoms with Crippen LogP contribution in [0, 0.1) is 12.8 Å². The Balaban J connectivity index is 2.11. The Bertz CT molecular complexity index is 660. The van der Waals surface area contributed by atoms with Crippen molar-refractivity contribution in [2.24, 2.45) is 5.92 Å². The van der Waals surface area contributed by atoms with E-state index in [1.807, 2.05) is 25.1 Å². The summed E-state index contributed by atoms with van der Waals surface area (Å²) < 4.78 is 0. The van der Waals surface area contributed by atoms with Crippen LogP contribution in [0.4, 0.5) is 0 Å². The lowest BCUT2D eigenvalue weighted by Crippen LogP contribution is -2.16. The number of para-hydroxylation sites is 1. The smallest absolute Gasteiger partial charge is 0.168 e. The highest BCUT2D eigenvalue weighted by Crippen LogP contribution is 2.37. The number of rotatable bonds is 3. The van der Waals surface area contributed by atoms with Crippen LogP contribution in [0.25, 0.3) is 10.9 Å². The second kappa shape index (κ2) is 5.94. The van der Waals surface area contributed by atoms with Gasteiger partial charge in [-0.05, 0) is 42.9 Å². The van der Waals surface area contributed by atoms with Gasteiger partial charge in [-0.15, -0.1) is 0 Å². The molecule has 1 aliphatic rings. The highest BCUT2D eigenvalue weighted by Gasteiger charge is 2.25. The Kier molecular flexibility index (Phi) is 4.02. The van der Waals surface area contributed by atoms with Gasteiger partial charge in [0, 0.05) is 5.39 Å². The molecule has 1 heterocycles. The first-order valence-corrected chi connectivity index (χ1v) is 7.74. The van der Waals surface area contributed by atoms with Crippen molar-refractivity contribution in [2.75, 3.05) is 0 Å². The Morgan fingerprint density at radius 2 is 2.05 bits per heavy atom. The van der Waals surface area contributed by atoms with Crippen LogP contribution in [0.5, 0.6) is 0 Å². The van der Waals surface area contributed by atoms with Gasteiger partial charge in [0.2, 0.25) is 0 Å². The maximum atomic E-state index is 11.2. The summed E-state index contributed by atoms with van der Waals surface area (Å²) in [6.07, 6.45) is 6.02. The van der Waals surface area contributed by atoms with Crippen molar-refractivity contribution in [1.29, 1.82) is 0 Å². The predicted octanol–water partition coefficient (Wildman–Crippen LogP) is 3.97. The standard InChI is InChI=1S/C18H21NO2/c1-12-6-5-9-15-16(10-14(11-20)19-17(12)15)18(21)13-7-3-2-4-8-13/h5-6,9-11,13,18,21H,2-4,7-8H2,1H3. The number of pyridine rings is 1. The molecule has 1 unspecified atom stereocenters. The van der Waals surface area contributed by atoms with E-state index in [-0.39, 0.29) is 0 Å². The fourth-order valence-corrected chi connectivity index (χ4v) is 3.45. The van der Waals surface area contributed by atoms with Gasteiger partial charge in [-0.1, -0.05) is 37.5 Å². The van der Waals surface area contributed by atoms with Crippen LogP contribution in [0.1, 0.15) is 59.8 Å². The molecule has 110 valence electrons. The fourth-order valence-electron chi connectivity index (χ4n) is 3.45. The lowest BCUT2D eigenvalue weighted by atomic mass is 9.82. The Morgan fingerprint density at radius 1 is 1.29 bits per heavy atom. The van der Waals surface area contributed by atoms with Crippen LogP contribution >= 0.6 is 0 Å². The van der Waals surface area contributed by atoms with Crippen molar-refractivity contribution >= 4 is 17.2 Å². The van der Waals surface area contributed by atoms with Crippen LogP contribution in [0.3, 0.4) is 0 Å². The second-order valence-electron chi connectivity index (χ2n) is 6.07. The maximum Gasteiger partial charge on any atom is 0.168 e. The minimum absolute atomic E-state index is 0.296. The number of benzene rings is 1. The number of aryl methyl sites for hydroxylation is 1. The number of aliphatic hydroxyl groups excluding tert-OH is 1. The van der Waals surface area contributed by atoms with E-state index < -0.39 is 6.10 Å². The van der Waals surface area contributed by atoms with Gasteiger partial charge >= 0.3 is 0 Å². The number of carbonyl (C=O) groups is 1. The highest BCUT2D eigenvalue weighted by molar-refractivity contribution is 5.88. The molecule has 1 aliphatic carbocycles. The first-order chi connectivity index (χ1) is 10.2. The van der Waals surface area contributed by atoms with E-state index in [2.05, 4.69) is 4.98 Å². The highest BCUT2D eigenvalue weighted by atomic mass is 16.3. The van der Waals surface area contributed by atoms with Gasteiger partial charge in [-0.2, -0.15) is 0 Å². The fraction of sp³-hybridized carbons (Fsp3) is 0.444. The van der Waals surface area contributed by atoms with E-state index in [4.69, 9.17) is 0 Å². The molecule has 0 bridgehead atoms. The first kappa shape index (κ1) is 14.2. The molecule has 1 N–H and O–H groups in total. The van der Waals surface area contributed by atoms with Gasteiger partial charge in [0.1, 0.15) is 5.69 Å². The van der Waals surface area contributed by atoms with Crippen molar-refractivity contribution in [3.8, 4) is 0 Å². The number of aliphatic hydroxyl groups is 1. The van der Waals surface area contributed by atoms with Gasteiger partial charge in [-0.25, -0.2) is 4.98 Å². The number of aldehydes is 1. The van der Waals surface area contributed by atoms with Crippen LogP contribution in [0.15, 0.2) is 24.3 Å². The first-order valence-electron chi connectivity index (χ1n) is 7.74. The molecule has 0 amide bonds. The van der Waals surface area contributed by atoms with Crippen molar-refractivity contribution < 1.29 is 9.90 Å². The number of hydrogen-bond acceptors (Lipinski definition) is 3. The molecular weight excluding hydrogens is 262 g/mol. The Labute approximate surface area is 125 Å². The lowest BCUT2D eigenvalue weighted by molar-refractivity contribution is 0.0859. The van der Waals surface area contributed by atoms with E-state index >= 15 is 0 Å². The molecular formula is C18H21NO2. The molecule has 1 aromatic carbocycles. The molecule has 0 radical (unpaired) electrons. The zero-order valence-electron chi connectivity index (χ0n) is 12.4. The molecule has 3 heteroatoms. The second-order valence-corrected chi connectivity index (χ2v) is 6.07. The van der Waals surface area contributed by atoms with Crippen molar-refractivity contribution in [3.05, 3.63) is 41.1 Å². The van der Waals surface area contributed by atoms with Crippen LogP contribution < -0.4 is 0 Å². The maximum absolute atomic E-state index is 11.2. The quantitative estimate of drug-likeness (QED) is 0.867. The third-order valence-corrected chi connectivity index (χ3v) is 4.63. The minimum Gasteiger partial charge on any atom is -0.388 e. The van der Waals surface area contributed by atoms with Gasteiger partial charge in [0.05, 0.1) is 11.6 Å². The van der Waals surface area contributed by atoms with Crippen LogP contribution in [-0.4, -0.2) is 16.4 Å². The zero-order valence-corrected chi connectivity index (χ0v) is 12.4. The van der Waals surface area contributed by atoms with Gasteiger partial charge < -0.3 is 5.11 Å². The molecule has 1 fully saturated rings. The van der Waals surface area contributed by atoms with Crippen LogP contribution in [0.2, 0.25) is 0 Å². The van der Waals surface area contributed by atoms with Gasteiger partial charge in [0.25, 0.3) is 0 Å². The van der Waals surface area contributed by atoms with Gasteiger partial charge in [-0.3, -0.25) is 4.79 Å². The van der Waals surface area contributed by atoms with E-state index in [9.17, 15) is 9.90 Å². The number of aromatic nitrogens is 1. The average Bonchev–Trinajstić information content (AvgIpc) is 2.54. The van der Waals surface area contributed by atoms with Crippen molar-refractivity contribution in [2.45, 2.75) is 45.1 Å². The van der Waals surface area contributed by atoms with E-state index in [0.29, 0.717) is 11.6 Å². The van der Waals surface area contributed by atoms with Gasteiger partial charge in [0.15, 0.2) is 6.29 Å². The normalized spacial score (nSPS) is 17.8. The molecule has 0 saturated heterocycles. The van der Waals surface area contributed by atoms with Crippen LogP contribution in [-0.2, 0) is 0 Å². The summed E-state index contributed by atoms with van der Waals surface area (Å²) in [6.45, 7) is 1.99. The molecule has 1 atom stereocenters. The predicted molar refractivity (Wildman–Crippen MR) is 83.4 cm³/mol. The molecule has 3 nitrogen and oxygen atoms in total. The zero-order chi connectivity index (χ0) is 14.8. The third-order valence-electron chi connectivity index (χ3n) is 4.63. The summed E-state index contributed by atoms with van der Waals surface area (Å²) in [4.78, 5) is 15.6. The molecule has 0 aliphatic heterocycles. The van der Waals surface area contributed by atoms with E-state index in [0.717, 1.165) is 41.2 Å². The molecule has 3 rings (SSSR count). The molecule has 21 heavy (non-hydrogen) atoms. The minimum atomic E-state index is -0.503. The average molecular weight is 283 g/mol. The number of nitrogens with zero attached hydrogens (tertiary/aromatic N) is 1. The number of carbonyl (C=O) groups excluding carboxylic acids is 1. The lowest BCUT2D eigenvalue weighted by Gasteiger charge is -2.27. The summed E-state index contributed by atoms with van der Waals surface area (Å²) in [5.41, 5.74) is 3.12. The Hall–Kier alpha value is -1.74. The molecule has 1 saturated carbocycles. The summed E-state index contributed by atoms with van der Waals surface area (Å²) in [5.74, 6) is 0.296.